The van der Waals surface area contributed by atoms with Gasteiger partial charge in [-0.1, -0.05) is 18.2 Å². The molecule has 1 atom stereocenters. The molecule has 1 aliphatic heterocycles. The molecule has 1 aliphatic rings. The largest absolute Gasteiger partial charge is 0.497 e. The van der Waals surface area contributed by atoms with Crippen LogP contribution in [-0.2, 0) is 22.7 Å². The highest BCUT2D eigenvalue weighted by molar-refractivity contribution is 6.24. The fourth-order valence-electron chi connectivity index (χ4n) is 4.28. The van der Waals surface area contributed by atoms with E-state index in [-0.39, 0.29) is 5.56 Å². The van der Waals surface area contributed by atoms with Crippen molar-refractivity contribution in [3.63, 3.8) is 0 Å². The van der Waals surface area contributed by atoms with Gasteiger partial charge in [0.1, 0.15) is 5.75 Å². The third-order valence-electron chi connectivity index (χ3n) is 6.11. The summed E-state index contributed by atoms with van der Waals surface area (Å²) in [6.07, 6.45) is -10.0. The number of ether oxygens (including phenoxy) is 1. The number of carbonyl (C=O) groups excluding carboxylic acids is 2. The first-order valence-electron chi connectivity index (χ1n) is 10.8. The maximum atomic E-state index is 13.9. The van der Waals surface area contributed by atoms with Gasteiger partial charge in [-0.2, -0.15) is 36.9 Å². The van der Waals surface area contributed by atoms with Gasteiger partial charge in [0.25, 0.3) is 5.91 Å². The predicted molar refractivity (Wildman–Crippen MR) is 122 cm³/mol. The molecule has 7 nitrogen and oxygen atoms in total. The average molecular weight is 544 g/mol. The van der Waals surface area contributed by atoms with Gasteiger partial charge in [0.05, 0.1) is 47.2 Å². The van der Waals surface area contributed by atoms with Crippen molar-refractivity contribution in [1.82, 2.24) is 5.32 Å². The molecule has 13 heteroatoms. The third kappa shape index (κ3) is 4.48. The van der Waals surface area contributed by atoms with E-state index in [2.05, 4.69) is 5.32 Å². The number of hydrogen-bond acceptors (Lipinski definition) is 5. The van der Waals surface area contributed by atoms with E-state index in [1.54, 1.807) is 0 Å². The second-order valence-electron chi connectivity index (χ2n) is 8.26. The molecule has 0 aliphatic carbocycles. The van der Waals surface area contributed by atoms with Crippen molar-refractivity contribution in [1.29, 1.82) is 10.5 Å². The Labute approximate surface area is 216 Å². The number of imide groups is 1. The normalized spacial score (nSPS) is 17.4. The fourth-order valence-corrected chi connectivity index (χ4v) is 4.28. The standard InChI is InChI=1S/C26H14F6N4O3/c1-39-19-8-5-16(6-9-19)24(17-4-2-14(12-33)20(10-17)25(27,28)29)22(37)36(23(38)35-24)18-7-3-15(13-34)21(11-18)26(30,31)32/h2-11H,1H3,(H,35,38). The van der Waals surface area contributed by atoms with Gasteiger partial charge < -0.3 is 10.1 Å². The average Bonchev–Trinajstić information content (AvgIpc) is 3.17. The van der Waals surface area contributed by atoms with Crippen LogP contribution in [0, 0.1) is 22.7 Å². The maximum Gasteiger partial charge on any atom is 0.417 e. The van der Waals surface area contributed by atoms with E-state index in [1.807, 2.05) is 0 Å². The Bertz CT molecular complexity index is 1570. The summed E-state index contributed by atoms with van der Waals surface area (Å²) in [5.41, 5.74) is -7.63. The summed E-state index contributed by atoms with van der Waals surface area (Å²) in [6.45, 7) is 0. The van der Waals surface area contributed by atoms with Gasteiger partial charge in [-0.25, -0.2) is 9.69 Å². The van der Waals surface area contributed by atoms with Crippen molar-refractivity contribution >= 4 is 17.6 Å². The quantitative estimate of drug-likeness (QED) is 0.346. The molecular weight excluding hydrogens is 530 g/mol. The number of carbonyl (C=O) groups is 2. The van der Waals surface area contributed by atoms with E-state index < -0.39 is 63.3 Å². The Hall–Kier alpha value is -5.04. The molecular formula is C26H14F6N4O3. The minimum atomic E-state index is -5.01. The van der Waals surface area contributed by atoms with Crippen molar-refractivity contribution in [3.05, 3.63) is 94.0 Å². The fraction of sp³-hybridized carbons (Fsp3) is 0.154. The van der Waals surface area contributed by atoms with Crippen LogP contribution in [0.4, 0.5) is 36.8 Å². The van der Waals surface area contributed by atoms with Crippen LogP contribution in [0.3, 0.4) is 0 Å². The van der Waals surface area contributed by atoms with Crippen LogP contribution in [0.1, 0.15) is 33.4 Å². The summed E-state index contributed by atoms with van der Waals surface area (Å²) in [7, 11) is 1.34. The minimum Gasteiger partial charge on any atom is -0.497 e. The monoisotopic (exact) mass is 544 g/mol. The van der Waals surface area contributed by atoms with Gasteiger partial charge in [-0.05, 0) is 53.6 Å². The number of hydrogen-bond donors (Lipinski definition) is 1. The number of alkyl halides is 6. The van der Waals surface area contributed by atoms with Crippen LogP contribution in [0.2, 0.25) is 0 Å². The topological polar surface area (TPSA) is 106 Å². The number of amides is 3. The summed E-state index contributed by atoms with van der Waals surface area (Å²) in [6, 6.07) is 11.5. The molecule has 0 bridgehead atoms. The van der Waals surface area contributed by atoms with Crippen LogP contribution in [-0.4, -0.2) is 19.0 Å². The molecule has 1 saturated heterocycles. The van der Waals surface area contributed by atoms with Gasteiger partial charge in [-0.3, -0.25) is 4.79 Å². The summed E-state index contributed by atoms with van der Waals surface area (Å²) in [5.74, 6) is -0.909. The number of rotatable bonds is 4. The molecule has 0 saturated carbocycles. The highest BCUT2D eigenvalue weighted by Crippen LogP contribution is 2.43. The first-order valence-corrected chi connectivity index (χ1v) is 10.8. The van der Waals surface area contributed by atoms with E-state index in [1.165, 1.54) is 43.5 Å². The van der Waals surface area contributed by atoms with Crippen molar-refractivity contribution in [2.75, 3.05) is 12.0 Å². The first-order chi connectivity index (χ1) is 18.3. The summed E-state index contributed by atoms with van der Waals surface area (Å²) < 4.78 is 87.2. The zero-order chi connectivity index (χ0) is 28.8. The van der Waals surface area contributed by atoms with Crippen LogP contribution < -0.4 is 15.0 Å². The van der Waals surface area contributed by atoms with Crippen LogP contribution in [0.5, 0.6) is 5.75 Å². The van der Waals surface area contributed by atoms with Gasteiger partial charge in [-0.15, -0.1) is 0 Å². The van der Waals surface area contributed by atoms with Crippen molar-refractivity contribution in [2.24, 2.45) is 0 Å². The number of halogens is 6. The molecule has 3 aromatic carbocycles. The third-order valence-corrected chi connectivity index (χ3v) is 6.11. The molecule has 3 aromatic rings. The SMILES string of the molecule is COc1ccc(C2(c3ccc(C#N)c(C(F)(F)F)c3)NC(=O)N(c3ccc(C#N)c(C(F)(F)F)c3)C2=O)cc1. The smallest absolute Gasteiger partial charge is 0.417 e. The van der Waals surface area contributed by atoms with Crippen molar-refractivity contribution in [3.8, 4) is 17.9 Å². The lowest BCUT2D eigenvalue weighted by atomic mass is 9.81. The Morgan fingerprint density at radius 2 is 1.31 bits per heavy atom. The van der Waals surface area contributed by atoms with E-state index in [4.69, 9.17) is 10.00 Å². The highest BCUT2D eigenvalue weighted by atomic mass is 19.4. The van der Waals surface area contributed by atoms with Crippen molar-refractivity contribution in [2.45, 2.75) is 17.9 Å². The Morgan fingerprint density at radius 1 is 0.795 bits per heavy atom. The zero-order valence-corrected chi connectivity index (χ0v) is 19.6. The van der Waals surface area contributed by atoms with E-state index in [9.17, 15) is 41.2 Å². The lowest BCUT2D eigenvalue weighted by molar-refractivity contribution is -0.138. The van der Waals surface area contributed by atoms with Crippen LogP contribution in [0.25, 0.3) is 0 Å². The molecule has 0 spiro atoms. The molecule has 1 heterocycles. The number of urea groups is 1. The Kier molecular flexibility index (Phi) is 6.48. The summed E-state index contributed by atoms with van der Waals surface area (Å²) >= 11 is 0. The molecule has 0 radical (unpaired) electrons. The Balaban J connectivity index is 1.97. The number of anilines is 1. The lowest BCUT2D eigenvalue weighted by Gasteiger charge is -2.29. The van der Waals surface area contributed by atoms with Gasteiger partial charge >= 0.3 is 18.4 Å². The summed E-state index contributed by atoms with van der Waals surface area (Å²) in [4.78, 5) is 27.4. The lowest BCUT2D eigenvalue weighted by Crippen LogP contribution is -2.45. The molecule has 1 fully saturated rings. The number of nitrogens with one attached hydrogen (secondary N) is 1. The number of methoxy groups -OCH3 is 1. The minimum absolute atomic E-state index is 0.0355. The molecule has 3 amide bonds. The summed E-state index contributed by atoms with van der Waals surface area (Å²) in [5, 5.41) is 20.6. The molecule has 1 unspecified atom stereocenters. The molecule has 39 heavy (non-hydrogen) atoms. The van der Waals surface area contributed by atoms with Gasteiger partial charge in [0.2, 0.25) is 0 Å². The first kappa shape index (κ1) is 27.0. The van der Waals surface area contributed by atoms with Gasteiger partial charge in [0, 0.05) is 0 Å². The molecule has 198 valence electrons. The van der Waals surface area contributed by atoms with Gasteiger partial charge in [0.15, 0.2) is 5.54 Å². The van der Waals surface area contributed by atoms with E-state index in [0.717, 1.165) is 24.3 Å². The Morgan fingerprint density at radius 3 is 1.82 bits per heavy atom. The molecule has 0 aromatic heterocycles. The number of nitriles is 2. The second kappa shape index (κ2) is 9.36. The van der Waals surface area contributed by atoms with E-state index in [0.29, 0.717) is 22.8 Å². The van der Waals surface area contributed by atoms with E-state index >= 15 is 0 Å². The zero-order valence-electron chi connectivity index (χ0n) is 19.6. The highest BCUT2D eigenvalue weighted by Gasteiger charge is 2.55. The second-order valence-corrected chi connectivity index (χ2v) is 8.26. The number of benzene rings is 3. The van der Waals surface area contributed by atoms with Crippen molar-refractivity contribution < 1.29 is 40.7 Å². The van der Waals surface area contributed by atoms with Crippen LogP contribution >= 0.6 is 0 Å². The van der Waals surface area contributed by atoms with Crippen LogP contribution in [0.15, 0.2) is 60.7 Å². The molecule has 1 N–H and O–H groups in total. The predicted octanol–water partition coefficient (Wildman–Crippen LogP) is 5.48. The maximum absolute atomic E-state index is 13.9. The molecule has 4 rings (SSSR count). The number of nitrogens with zero attached hydrogens (tertiary/aromatic N) is 3.